The number of esters is 2. The summed E-state index contributed by atoms with van der Waals surface area (Å²) in [6.07, 6.45) is 1.58. The Kier molecular flexibility index (Phi) is 7.16. The molecule has 2 N–H and O–H groups in total. The second-order valence-corrected chi connectivity index (χ2v) is 9.65. The minimum atomic E-state index is -4.29. The normalized spacial score (nSPS) is 11.3. The predicted molar refractivity (Wildman–Crippen MR) is 138 cm³/mol. The smallest absolute Gasteiger partial charge is 0.357 e. The van der Waals surface area contributed by atoms with Crippen molar-refractivity contribution in [1.82, 2.24) is 4.40 Å². The molecule has 0 saturated carbocycles. The van der Waals surface area contributed by atoms with Crippen LogP contribution < -0.4 is 10.0 Å². The molecule has 0 fully saturated rings. The second kappa shape index (κ2) is 10.3. The first-order chi connectivity index (χ1) is 17.7. The van der Waals surface area contributed by atoms with E-state index in [2.05, 4.69) is 10.0 Å². The Morgan fingerprint density at radius 1 is 0.892 bits per heavy atom. The first kappa shape index (κ1) is 25.7. The SMILES string of the molecule is CCOC(=O)c1c(NS(=O)(=O)c2ccc(NC(C)=O)cc2)c(C(=O)OCC)n2ccc3ccccc3c12. The summed E-state index contributed by atoms with van der Waals surface area (Å²) in [5.41, 5.74) is 0.189. The van der Waals surface area contributed by atoms with Gasteiger partial charge in [0.25, 0.3) is 10.0 Å². The number of nitrogens with one attached hydrogen (secondary N) is 2. The van der Waals surface area contributed by atoms with E-state index < -0.39 is 22.0 Å². The highest BCUT2D eigenvalue weighted by molar-refractivity contribution is 7.92. The van der Waals surface area contributed by atoms with Crippen LogP contribution in [0.25, 0.3) is 16.3 Å². The third-order valence-corrected chi connectivity index (χ3v) is 6.86. The average Bonchev–Trinajstić information content (AvgIpc) is 3.18. The zero-order chi connectivity index (χ0) is 26.7. The molecule has 2 aromatic carbocycles. The number of amides is 1. The van der Waals surface area contributed by atoms with Crippen molar-refractivity contribution in [3.63, 3.8) is 0 Å². The van der Waals surface area contributed by atoms with Crippen LogP contribution in [-0.4, -0.2) is 43.9 Å². The number of fused-ring (bicyclic) bond motifs is 3. The van der Waals surface area contributed by atoms with Gasteiger partial charge in [-0.2, -0.15) is 0 Å². The fourth-order valence-corrected chi connectivity index (χ4v) is 5.11. The van der Waals surface area contributed by atoms with Crippen LogP contribution in [0.5, 0.6) is 0 Å². The van der Waals surface area contributed by atoms with E-state index in [1.54, 1.807) is 38.2 Å². The van der Waals surface area contributed by atoms with Gasteiger partial charge in [0.2, 0.25) is 5.91 Å². The molecule has 1 amide bonds. The van der Waals surface area contributed by atoms with Gasteiger partial charge in [0, 0.05) is 24.2 Å². The third kappa shape index (κ3) is 4.98. The van der Waals surface area contributed by atoms with Gasteiger partial charge < -0.3 is 19.2 Å². The van der Waals surface area contributed by atoms with E-state index in [-0.39, 0.29) is 41.0 Å². The molecular formula is C26H25N3O7S. The topological polar surface area (TPSA) is 132 Å². The summed E-state index contributed by atoms with van der Waals surface area (Å²) in [5.74, 6) is -1.92. The van der Waals surface area contributed by atoms with Crippen LogP contribution in [-0.2, 0) is 24.3 Å². The number of pyridine rings is 1. The Hall–Kier alpha value is -4.38. The molecule has 0 aliphatic carbocycles. The number of carbonyl (C=O) groups is 3. The lowest BCUT2D eigenvalue weighted by molar-refractivity contribution is -0.114. The number of rotatable bonds is 8. The molecule has 0 aliphatic rings. The minimum Gasteiger partial charge on any atom is -0.462 e. The van der Waals surface area contributed by atoms with E-state index in [9.17, 15) is 22.8 Å². The fourth-order valence-electron chi connectivity index (χ4n) is 4.03. The van der Waals surface area contributed by atoms with Crippen LogP contribution in [0.2, 0.25) is 0 Å². The average molecular weight is 524 g/mol. The molecule has 2 aromatic heterocycles. The molecule has 10 nitrogen and oxygen atoms in total. The summed E-state index contributed by atoms with van der Waals surface area (Å²) < 4.78 is 41.2. The summed E-state index contributed by atoms with van der Waals surface area (Å²) in [6.45, 7) is 4.65. The van der Waals surface area contributed by atoms with Crippen LogP contribution in [0, 0.1) is 0 Å². The van der Waals surface area contributed by atoms with Crippen LogP contribution in [0.1, 0.15) is 41.6 Å². The lowest BCUT2D eigenvalue weighted by Crippen LogP contribution is -2.19. The van der Waals surface area contributed by atoms with Crippen LogP contribution in [0.3, 0.4) is 0 Å². The summed E-state index contributed by atoms with van der Waals surface area (Å²) in [7, 11) is -4.29. The molecule has 0 radical (unpaired) electrons. The zero-order valence-corrected chi connectivity index (χ0v) is 21.2. The first-order valence-corrected chi connectivity index (χ1v) is 13.0. The molecule has 4 rings (SSSR count). The quantitative estimate of drug-likeness (QED) is 0.331. The van der Waals surface area contributed by atoms with Crippen molar-refractivity contribution in [1.29, 1.82) is 0 Å². The number of sulfonamides is 1. The van der Waals surface area contributed by atoms with E-state index in [1.807, 2.05) is 12.1 Å². The number of hydrogen-bond acceptors (Lipinski definition) is 7. The van der Waals surface area contributed by atoms with E-state index >= 15 is 0 Å². The first-order valence-electron chi connectivity index (χ1n) is 11.5. The number of benzene rings is 2. The number of aromatic nitrogens is 1. The molecule has 192 valence electrons. The van der Waals surface area contributed by atoms with Crippen molar-refractivity contribution in [2.24, 2.45) is 0 Å². The molecule has 0 spiro atoms. The van der Waals surface area contributed by atoms with E-state index in [0.29, 0.717) is 16.6 Å². The molecule has 4 aromatic rings. The van der Waals surface area contributed by atoms with Gasteiger partial charge in [0.15, 0.2) is 5.69 Å². The predicted octanol–water partition coefficient (Wildman–Crippen LogP) is 4.21. The van der Waals surface area contributed by atoms with Gasteiger partial charge in [-0.15, -0.1) is 0 Å². The maximum atomic E-state index is 13.4. The molecular weight excluding hydrogens is 498 g/mol. The van der Waals surface area contributed by atoms with Gasteiger partial charge in [0.1, 0.15) is 5.56 Å². The Labute approximate surface area is 213 Å². The third-order valence-electron chi connectivity index (χ3n) is 5.49. The zero-order valence-electron chi connectivity index (χ0n) is 20.4. The second-order valence-electron chi connectivity index (χ2n) is 7.97. The lowest BCUT2D eigenvalue weighted by Gasteiger charge is -2.12. The van der Waals surface area contributed by atoms with E-state index in [0.717, 1.165) is 5.39 Å². The van der Waals surface area contributed by atoms with Crippen molar-refractivity contribution in [2.75, 3.05) is 23.3 Å². The van der Waals surface area contributed by atoms with Crippen LogP contribution in [0.4, 0.5) is 11.4 Å². The van der Waals surface area contributed by atoms with Crippen LogP contribution >= 0.6 is 0 Å². The highest BCUT2D eigenvalue weighted by atomic mass is 32.2. The fraction of sp³-hybridized carbons (Fsp3) is 0.192. The molecule has 0 atom stereocenters. The number of nitrogens with zero attached hydrogens (tertiary/aromatic N) is 1. The standard InChI is InChI=1S/C26H25N3O7S/c1-4-35-25(31)21-22(28-37(33,34)19-12-10-18(11-13-19)27-16(3)30)24(26(32)36-5-2)29-15-14-17-8-6-7-9-20(17)23(21)29/h6-15,28H,4-5H2,1-3H3,(H,27,30). The molecule has 0 unspecified atom stereocenters. The van der Waals surface area contributed by atoms with Crippen molar-refractivity contribution < 1.29 is 32.3 Å². The van der Waals surface area contributed by atoms with Gasteiger partial charge in [-0.1, -0.05) is 24.3 Å². The summed E-state index contributed by atoms with van der Waals surface area (Å²) in [6, 6.07) is 14.4. The van der Waals surface area contributed by atoms with Gasteiger partial charge in [0.05, 0.1) is 29.3 Å². The van der Waals surface area contributed by atoms with Gasteiger partial charge in [-0.25, -0.2) is 18.0 Å². The minimum absolute atomic E-state index is 0.0329. The van der Waals surface area contributed by atoms with E-state index in [1.165, 1.54) is 35.6 Å². The Bertz CT molecular complexity index is 1620. The summed E-state index contributed by atoms with van der Waals surface area (Å²) in [4.78, 5) is 37.5. The molecule has 0 aliphatic heterocycles. The molecule has 2 heterocycles. The van der Waals surface area contributed by atoms with Crippen molar-refractivity contribution in [2.45, 2.75) is 25.7 Å². The highest BCUT2D eigenvalue weighted by Crippen LogP contribution is 2.36. The van der Waals surface area contributed by atoms with Gasteiger partial charge in [-0.05, 0) is 49.6 Å². The largest absolute Gasteiger partial charge is 0.462 e. The Balaban J connectivity index is 1.97. The summed E-state index contributed by atoms with van der Waals surface area (Å²) in [5, 5.41) is 3.95. The molecule has 0 saturated heterocycles. The van der Waals surface area contributed by atoms with Crippen molar-refractivity contribution in [3.8, 4) is 0 Å². The maximum absolute atomic E-state index is 13.4. The number of carbonyl (C=O) groups excluding carboxylic acids is 3. The van der Waals surface area contributed by atoms with Crippen LogP contribution in [0.15, 0.2) is 65.7 Å². The molecule has 11 heteroatoms. The monoisotopic (exact) mass is 523 g/mol. The van der Waals surface area contributed by atoms with Gasteiger partial charge in [-0.3, -0.25) is 9.52 Å². The van der Waals surface area contributed by atoms with E-state index in [4.69, 9.17) is 9.47 Å². The van der Waals surface area contributed by atoms with Crippen molar-refractivity contribution in [3.05, 3.63) is 72.1 Å². The summed E-state index contributed by atoms with van der Waals surface area (Å²) >= 11 is 0. The molecule has 37 heavy (non-hydrogen) atoms. The van der Waals surface area contributed by atoms with Crippen molar-refractivity contribution >= 4 is 55.5 Å². The van der Waals surface area contributed by atoms with Gasteiger partial charge >= 0.3 is 11.9 Å². The highest BCUT2D eigenvalue weighted by Gasteiger charge is 2.33. The number of anilines is 2. The number of hydrogen-bond donors (Lipinski definition) is 2. The Morgan fingerprint density at radius 3 is 2.19 bits per heavy atom. The Morgan fingerprint density at radius 2 is 1.54 bits per heavy atom. The lowest BCUT2D eigenvalue weighted by atomic mass is 10.1. The molecule has 0 bridgehead atoms. The number of ether oxygens (including phenoxy) is 2. The maximum Gasteiger partial charge on any atom is 0.357 e.